The lowest BCUT2D eigenvalue weighted by atomic mass is 9.86. The van der Waals surface area contributed by atoms with Crippen LogP contribution in [0.25, 0.3) is 0 Å². The molecule has 1 aromatic carbocycles. The van der Waals surface area contributed by atoms with Gasteiger partial charge in [-0.15, -0.1) is 0 Å². The molecule has 5 heteroatoms. The highest BCUT2D eigenvalue weighted by atomic mass is 28.3. The molecule has 0 amide bonds. The molecule has 4 nitrogen and oxygen atoms in total. The van der Waals surface area contributed by atoms with Crippen LogP contribution in [0.1, 0.15) is 83.6 Å². The molecule has 0 radical (unpaired) electrons. The number of methoxy groups -OCH3 is 1. The third-order valence-corrected chi connectivity index (χ3v) is 5.22. The summed E-state index contributed by atoms with van der Waals surface area (Å²) in [5, 5.41) is 0. The number of ether oxygens (including phenoxy) is 2. The molecule has 0 N–H and O–H groups in total. The standard InChI is InChI=1S/C22H38O4Si/c1-8-9-10-11-12-13-20(23)25-21(26-27(6)7)17-14-15-18(22(2,3)4)19(16-17)24-5/h14-16,21,27H,8-13H2,1-7H3. The van der Waals surface area contributed by atoms with Crippen molar-refractivity contribution in [1.82, 2.24) is 0 Å². The molecular weight excluding hydrogens is 356 g/mol. The third-order valence-electron chi connectivity index (χ3n) is 4.42. The van der Waals surface area contributed by atoms with Crippen molar-refractivity contribution in [2.24, 2.45) is 0 Å². The van der Waals surface area contributed by atoms with Gasteiger partial charge in [0.05, 0.1) is 7.11 Å². The SMILES string of the molecule is CCCCCCCC(=O)OC(O[SiH](C)C)c1ccc(C(C)(C)C)c(OC)c1. The van der Waals surface area contributed by atoms with Gasteiger partial charge in [0, 0.05) is 12.0 Å². The Morgan fingerprint density at radius 3 is 2.33 bits per heavy atom. The topological polar surface area (TPSA) is 44.8 Å². The van der Waals surface area contributed by atoms with Crippen LogP contribution in [-0.4, -0.2) is 22.1 Å². The Morgan fingerprint density at radius 2 is 1.78 bits per heavy atom. The molecule has 154 valence electrons. The van der Waals surface area contributed by atoms with Gasteiger partial charge in [0.1, 0.15) is 5.75 Å². The number of esters is 1. The Kier molecular flexibility index (Phi) is 10.1. The van der Waals surface area contributed by atoms with E-state index >= 15 is 0 Å². The molecule has 1 rings (SSSR count). The first-order chi connectivity index (χ1) is 12.7. The summed E-state index contributed by atoms with van der Waals surface area (Å²) in [5.41, 5.74) is 1.93. The third kappa shape index (κ3) is 8.48. The second-order valence-corrected chi connectivity index (χ2v) is 10.8. The van der Waals surface area contributed by atoms with E-state index in [0.717, 1.165) is 29.7 Å². The summed E-state index contributed by atoms with van der Waals surface area (Å²) in [7, 11) is 0.282. The van der Waals surface area contributed by atoms with Crippen molar-refractivity contribution in [3.63, 3.8) is 0 Å². The Labute approximate surface area is 167 Å². The predicted octanol–water partition coefficient (Wildman–Crippen LogP) is 5.90. The largest absolute Gasteiger partial charge is 0.496 e. The van der Waals surface area contributed by atoms with Crippen LogP contribution < -0.4 is 4.74 Å². The summed E-state index contributed by atoms with van der Waals surface area (Å²) in [4.78, 5) is 12.3. The number of rotatable bonds is 11. The smallest absolute Gasteiger partial charge is 0.308 e. The van der Waals surface area contributed by atoms with E-state index in [1.54, 1.807) is 7.11 Å². The number of hydrogen-bond donors (Lipinski definition) is 0. The fraction of sp³-hybridized carbons (Fsp3) is 0.682. The van der Waals surface area contributed by atoms with Crippen molar-refractivity contribution in [2.45, 2.75) is 91.0 Å². The number of unbranched alkanes of at least 4 members (excludes halogenated alkanes) is 4. The van der Waals surface area contributed by atoms with E-state index in [0.29, 0.717) is 6.42 Å². The van der Waals surface area contributed by atoms with Crippen LogP contribution in [0, 0.1) is 0 Å². The molecule has 0 aromatic heterocycles. The van der Waals surface area contributed by atoms with Crippen molar-refractivity contribution in [2.75, 3.05) is 7.11 Å². The highest BCUT2D eigenvalue weighted by Crippen LogP contribution is 2.34. The minimum absolute atomic E-state index is 0.0256. The molecule has 0 aliphatic carbocycles. The molecule has 1 atom stereocenters. The first-order valence-electron chi connectivity index (χ1n) is 10.2. The molecule has 0 fully saturated rings. The van der Waals surface area contributed by atoms with Crippen LogP contribution in [-0.2, 0) is 19.4 Å². The molecule has 0 saturated heterocycles. The Hall–Kier alpha value is -1.33. The van der Waals surface area contributed by atoms with E-state index in [1.165, 1.54) is 19.3 Å². The second kappa shape index (κ2) is 11.5. The lowest BCUT2D eigenvalue weighted by Gasteiger charge is -2.25. The van der Waals surface area contributed by atoms with Crippen molar-refractivity contribution in [1.29, 1.82) is 0 Å². The summed E-state index contributed by atoms with van der Waals surface area (Å²) in [6.07, 6.45) is 5.33. The predicted molar refractivity (Wildman–Crippen MR) is 114 cm³/mol. The maximum atomic E-state index is 12.3. The minimum Gasteiger partial charge on any atom is -0.496 e. The molecule has 1 aromatic rings. The summed E-state index contributed by atoms with van der Waals surface area (Å²) < 4.78 is 17.3. The maximum absolute atomic E-state index is 12.3. The van der Waals surface area contributed by atoms with Gasteiger partial charge in [-0.25, -0.2) is 0 Å². The lowest BCUT2D eigenvalue weighted by molar-refractivity contribution is -0.165. The minimum atomic E-state index is -1.39. The first kappa shape index (κ1) is 23.7. The van der Waals surface area contributed by atoms with Gasteiger partial charge in [0.15, 0.2) is 9.04 Å². The van der Waals surface area contributed by atoms with Gasteiger partial charge >= 0.3 is 5.97 Å². The highest BCUT2D eigenvalue weighted by molar-refractivity contribution is 6.48. The van der Waals surface area contributed by atoms with E-state index in [-0.39, 0.29) is 11.4 Å². The number of carbonyl (C=O) groups is 1. The summed E-state index contributed by atoms with van der Waals surface area (Å²) >= 11 is 0. The van der Waals surface area contributed by atoms with E-state index < -0.39 is 15.3 Å². The van der Waals surface area contributed by atoms with Gasteiger partial charge in [-0.05, 0) is 36.6 Å². The zero-order chi connectivity index (χ0) is 20.4. The number of benzene rings is 1. The van der Waals surface area contributed by atoms with E-state index in [4.69, 9.17) is 13.9 Å². The highest BCUT2D eigenvalue weighted by Gasteiger charge is 2.23. The Bertz CT molecular complexity index is 578. The van der Waals surface area contributed by atoms with Crippen LogP contribution >= 0.6 is 0 Å². The molecule has 27 heavy (non-hydrogen) atoms. The zero-order valence-corrected chi connectivity index (χ0v) is 19.4. The average molecular weight is 395 g/mol. The fourth-order valence-corrected chi connectivity index (χ4v) is 3.65. The fourth-order valence-electron chi connectivity index (χ4n) is 2.95. The van der Waals surface area contributed by atoms with Gasteiger partial charge in [-0.3, -0.25) is 4.79 Å². The Balaban J connectivity index is 2.86. The second-order valence-electron chi connectivity index (χ2n) is 8.38. The van der Waals surface area contributed by atoms with Crippen molar-refractivity contribution >= 4 is 15.0 Å². The summed E-state index contributed by atoms with van der Waals surface area (Å²) in [6, 6.07) is 5.97. The normalized spacial score (nSPS) is 12.9. The van der Waals surface area contributed by atoms with E-state index in [2.05, 4.69) is 40.8 Å². The number of carbonyl (C=O) groups excluding carboxylic acids is 1. The molecule has 0 saturated carbocycles. The van der Waals surface area contributed by atoms with Crippen LogP contribution in [0.2, 0.25) is 13.1 Å². The first-order valence-corrected chi connectivity index (χ1v) is 13.0. The van der Waals surface area contributed by atoms with Crippen LogP contribution in [0.15, 0.2) is 18.2 Å². The van der Waals surface area contributed by atoms with Crippen LogP contribution in [0.4, 0.5) is 0 Å². The van der Waals surface area contributed by atoms with Crippen LogP contribution in [0.5, 0.6) is 5.75 Å². The lowest BCUT2D eigenvalue weighted by Crippen LogP contribution is -2.20. The molecule has 0 heterocycles. The number of hydrogen-bond acceptors (Lipinski definition) is 4. The van der Waals surface area contributed by atoms with Gasteiger partial charge in [-0.2, -0.15) is 0 Å². The van der Waals surface area contributed by atoms with Crippen molar-refractivity contribution in [3.8, 4) is 5.75 Å². The summed E-state index contributed by atoms with van der Waals surface area (Å²) in [5.74, 6) is 0.611. The quantitative estimate of drug-likeness (QED) is 0.203. The van der Waals surface area contributed by atoms with Crippen molar-refractivity contribution in [3.05, 3.63) is 29.3 Å². The van der Waals surface area contributed by atoms with Gasteiger partial charge in [0.2, 0.25) is 6.29 Å². The molecule has 0 spiro atoms. The molecule has 1 unspecified atom stereocenters. The van der Waals surface area contributed by atoms with Gasteiger partial charge in [-0.1, -0.05) is 65.5 Å². The molecule has 0 aliphatic rings. The Morgan fingerprint density at radius 1 is 1.11 bits per heavy atom. The van der Waals surface area contributed by atoms with Gasteiger partial charge in [0.25, 0.3) is 0 Å². The van der Waals surface area contributed by atoms with Crippen molar-refractivity contribution < 1.29 is 18.7 Å². The zero-order valence-electron chi connectivity index (χ0n) is 18.3. The molecular formula is C22H38O4Si. The van der Waals surface area contributed by atoms with Gasteiger partial charge < -0.3 is 13.9 Å². The van der Waals surface area contributed by atoms with Crippen LogP contribution in [0.3, 0.4) is 0 Å². The van der Waals surface area contributed by atoms with E-state index in [1.807, 2.05) is 18.2 Å². The average Bonchev–Trinajstić information content (AvgIpc) is 2.59. The van der Waals surface area contributed by atoms with E-state index in [9.17, 15) is 4.79 Å². The summed E-state index contributed by atoms with van der Waals surface area (Å²) in [6.45, 7) is 12.8. The maximum Gasteiger partial charge on any atom is 0.308 e. The molecule has 0 aliphatic heterocycles. The monoisotopic (exact) mass is 394 g/mol. The molecule has 0 bridgehead atoms.